The Hall–Kier alpha value is -2.70. The minimum Gasteiger partial charge on any atom is -0.495 e. The molecule has 4 rings (SSSR count). The molecule has 11 nitrogen and oxygen atoms in total. The van der Waals surface area contributed by atoms with Crippen molar-refractivity contribution in [2.75, 3.05) is 45.3 Å². The van der Waals surface area contributed by atoms with Crippen LogP contribution in [0.15, 0.2) is 23.1 Å². The van der Waals surface area contributed by atoms with Gasteiger partial charge in [0.2, 0.25) is 15.9 Å². The Morgan fingerprint density at radius 1 is 1.28 bits per heavy atom. The maximum Gasteiger partial charge on any atom is 0.325 e. The van der Waals surface area contributed by atoms with E-state index in [-0.39, 0.29) is 35.3 Å². The van der Waals surface area contributed by atoms with Crippen molar-refractivity contribution >= 4 is 33.6 Å². The van der Waals surface area contributed by atoms with Crippen LogP contribution in [0.1, 0.15) is 19.8 Å². The number of carbonyl (C=O) groups is 3. The molecule has 1 aliphatic carbocycles. The van der Waals surface area contributed by atoms with E-state index in [9.17, 15) is 22.8 Å². The Kier molecular flexibility index (Phi) is 5.86. The molecule has 0 unspecified atom stereocenters. The summed E-state index contributed by atoms with van der Waals surface area (Å²) in [6.45, 7) is 2.23. The van der Waals surface area contributed by atoms with E-state index >= 15 is 0 Å². The van der Waals surface area contributed by atoms with Crippen LogP contribution in [0.5, 0.6) is 5.75 Å². The second kappa shape index (κ2) is 8.34. The quantitative estimate of drug-likeness (QED) is 0.555. The minimum atomic E-state index is -3.87. The molecular formula is C20H26N4O7S. The Labute approximate surface area is 186 Å². The highest BCUT2D eigenvalue weighted by molar-refractivity contribution is 7.89. The van der Waals surface area contributed by atoms with E-state index in [4.69, 9.17) is 9.47 Å². The lowest BCUT2D eigenvalue weighted by molar-refractivity contribution is -0.134. The van der Waals surface area contributed by atoms with Gasteiger partial charge in [0.15, 0.2) is 0 Å². The number of amides is 4. The fourth-order valence-corrected chi connectivity index (χ4v) is 5.61. The van der Waals surface area contributed by atoms with Crippen molar-refractivity contribution < 1.29 is 32.3 Å². The molecule has 2 saturated heterocycles. The van der Waals surface area contributed by atoms with Crippen LogP contribution in [0.3, 0.4) is 0 Å². The fraction of sp³-hybridized carbons (Fsp3) is 0.550. The predicted molar refractivity (Wildman–Crippen MR) is 113 cm³/mol. The average Bonchev–Trinajstić information content (AvgIpc) is 3.60. The highest BCUT2D eigenvalue weighted by Gasteiger charge is 2.56. The van der Waals surface area contributed by atoms with Gasteiger partial charge in [-0.15, -0.1) is 0 Å². The van der Waals surface area contributed by atoms with Gasteiger partial charge in [0.05, 0.1) is 20.3 Å². The predicted octanol–water partition coefficient (Wildman–Crippen LogP) is 0.375. The molecule has 0 radical (unpaired) electrons. The number of hydrogen-bond donors (Lipinski definition) is 2. The molecule has 1 saturated carbocycles. The second-order valence-electron chi connectivity index (χ2n) is 8.23. The van der Waals surface area contributed by atoms with E-state index in [1.54, 1.807) is 6.92 Å². The van der Waals surface area contributed by atoms with Crippen LogP contribution in [0.2, 0.25) is 0 Å². The SMILES string of the molecule is COc1ccc(NC(=O)CN2C(=O)N[C@](C)(C3CC3)C2=O)cc1S(=O)(=O)N1CCOCC1. The minimum absolute atomic E-state index is 0.0848. The number of morpholine rings is 1. The van der Waals surface area contributed by atoms with Gasteiger partial charge in [-0.2, -0.15) is 4.31 Å². The van der Waals surface area contributed by atoms with Gasteiger partial charge in [0.1, 0.15) is 22.7 Å². The summed E-state index contributed by atoms with van der Waals surface area (Å²) in [6.07, 6.45) is 1.71. The molecule has 1 aromatic rings. The smallest absolute Gasteiger partial charge is 0.325 e. The topological polar surface area (TPSA) is 134 Å². The summed E-state index contributed by atoms with van der Waals surface area (Å²) in [6, 6.07) is 3.64. The summed E-state index contributed by atoms with van der Waals surface area (Å²) in [5.41, 5.74) is -0.767. The molecule has 1 aromatic carbocycles. The van der Waals surface area contributed by atoms with Crippen molar-refractivity contribution in [1.29, 1.82) is 0 Å². The highest BCUT2D eigenvalue weighted by Crippen LogP contribution is 2.42. The maximum atomic E-state index is 13.1. The van der Waals surface area contributed by atoms with Crippen molar-refractivity contribution in [3.05, 3.63) is 18.2 Å². The van der Waals surface area contributed by atoms with E-state index < -0.39 is 40.0 Å². The summed E-state index contributed by atoms with van der Waals surface area (Å²) < 4.78 is 37.9. The summed E-state index contributed by atoms with van der Waals surface area (Å²) >= 11 is 0. The van der Waals surface area contributed by atoms with Gasteiger partial charge in [-0.3, -0.25) is 14.5 Å². The lowest BCUT2D eigenvalue weighted by atomic mass is 9.96. The Balaban J connectivity index is 1.50. The van der Waals surface area contributed by atoms with Crippen LogP contribution in [0.4, 0.5) is 10.5 Å². The number of imide groups is 1. The second-order valence-corrected chi connectivity index (χ2v) is 10.1. The number of nitrogens with one attached hydrogen (secondary N) is 2. The fourth-order valence-electron chi connectivity index (χ4n) is 4.02. The molecule has 4 amide bonds. The Morgan fingerprint density at radius 3 is 2.59 bits per heavy atom. The van der Waals surface area contributed by atoms with Crippen molar-refractivity contribution in [1.82, 2.24) is 14.5 Å². The third-order valence-electron chi connectivity index (χ3n) is 6.03. The average molecular weight is 467 g/mol. The van der Waals surface area contributed by atoms with Crippen molar-refractivity contribution in [3.63, 3.8) is 0 Å². The lowest BCUT2D eigenvalue weighted by Gasteiger charge is -2.27. The standard InChI is InChI=1S/C20H26N4O7S/c1-20(13-3-4-13)18(26)24(19(27)22-20)12-17(25)21-14-5-6-15(30-2)16(11-14)32(28,29)23-7-9-31-10-8-23/h5-6,11,13H,3-4,7-10,12H2,1-2H3,(H,21,25)(H,22,27)/t20-/m1/s1. The molecule has 2 aliphatic heterocycles. The first kappa shape index (κ1) is 22.5. The van der Waals surface area contributed by atoms with E-state index in [1.807, 2.05) is 0 Å². The molecule has 32 heavy (non-hydrogen) atoms. The molecule has 3 aliphatic rings. The number of methoxy groups -OCH3 is 1. The third-order valence-corrected chi connectivity index (χ3v) is 7.95. The monoisotopic (exact) mass is 466 g/mol. The molecule has 12 heteroatoms. The zero-order valence-corrected chi connectivity index (χ0v) is 18.7. The van der Waals surface area contributed by atoms with Crippen LogP contribution in [0, 0.1) is 5.92 Å². The first-order valence-electron chi connectivity index (χ1n) is 10.4. The number of ether oxygens (including phenoxy) is 2. The maximum absolute atomic E-state index is 13.1. The van der Waals surface area contributed by atoms with E-state index in [0.29, 0.717) is 13.2 Å². The number of rotatable bonds is 7. The Morgan fingerprint density at radius 2 is 1.97 bits per heavy atom. The zero-order chi connectivity index (χ0) is 23.1. The number of anilines is 1. The summed E-state index contributed by atoms with van der Waals surface area (Å²) in [4.78, 5) is 38.4. The van der Waals surface area contributed by atoms with Crippen molar-refractivity contribution in [2.45, 2.75) is 30.2 Å². The first-order valence-corrected chi connectivity index (χ1v) is 11.8. The van der Waals surface area contributed by atoms with Crippen molar-refractivity contribution in [2.24, 2.45) is 5.92 Å². The normalized spacial score (nSPS) is 24.4. The van der Waals surface area contributed by atoms with Gasteiger partial charge >= 0.3 is 6.03 Å². The number of sulfonamides is 1. The Bertz CT molecular complexity index is 1050. The molecule has 2 heterocycles. The zero-order valence-electron chi connectivity index (χ0n) is 17.9. The van der Waals surface area contributed by atoms with Crippen LogP contribution >= 0.6 is 0 Å². The van der Waals surface area contributed by atoms with Gasteiger partial charge in [0.25, 0.3) is 5.91 Å². The van der Waals surface area contributed by atoms with E-state index in [0.717, 1.165) is 17.7 Å². The molecular weight excluding hydrogens is 440 g/mol. The van der Waals surface area contributed by atoms with E-state index in [2.05, 4.69) is 10.6 Å². The van der Waals surface area contributed by atoms with Gasteiger partial charge in [-0.25, -0.2) is 13.2 Å². The van der Waals surface area contributed by atoms with Crippen LogP contribution in [0.25, 0.3) is 0 Å². The lowest BCUT2D eigenvalue weighted by Crippen LogP contribution is -2.46. The number of urea groups is 1. The number of benzene rings is 1. The largest absolute Gasteiger partial charge is 0.495 e. The summed E-state index contributed by atoms with van der Waals surface area (Å²) in [5.74, 6) is -0.816. The molecule has 0 spiro atoms. The molecule has 2 N–H and O–H groups in total. The molecule has 0 bridgehead atoms. The van der Waals surface area contributed by atoms with Crippen LogP contribution < -0.4 is 15.4 Å². The molecule has 174 valence electrons. The number of carbonyl (C=O) groups excluding carboxylic acids is 3. The first-order chi connectivity index (χ1) is 15.2. The van der Waals surface area contributed by atoms with Gasteiger partial charge in [-0.05, 0) is 43.9 Å². The molecule has 1 atom stereocenters. The van der Waals surface area contributed by atoms with Gasteiger partial charge in [-0.1, -0.05) is 0 Å². The molecule has 0 aromatic heterocycles. The highest BCUT2D eigenvalue weighted by atomic mass is 32.2. The van der Waals surface area contributed by atoms with Crippen LogP contribution in [-0.2, 0) is 24.3 Å². The van der Waals surface area contributed by atoms with Gasteiger partial charge in [0, 0.05) is 18.8 Å². The van der Waals surface area contributed by atoms with E-state index in [1.165, 1.54) is 29.6 Å². The van der Waals surface area contributed by atoms with Crippen molar-refractivity contribution in [3.8, 4) is 5.75 Å². The summed E-state index contributed by atoms with van der Waals surface area (Å²) in [5, 5.41) is 5.26. The molecule has 3 fully saturated rings. The third kappa shape index (κ3) is 4.05. The van der Waals surface area contributed by atoms with Gasteiger partial charge < -0.3 is 20.1 Å². The number of nitrogens with zero attached hydrogens (tertiary/aromatic N) is 2. The van der Waals surface area contributed by atoms with Crippen LogP contribution in [-0.4, -0.2) is 81.0 Å². The summed E-state index contributed by atoms with van der Waals surface area (Å²) in [7, 11) is -2.51. The number of hydrogen-bond acceptors (Lipinski definition) is 7.